The minimum Gasteiger partial charge on any atom is -0.340 e. The van der Waals surface area contributed by atoms with Gasteiger partial charge in [-0.3, -0.25) is 14.6 Å². The van der Waals surface area contributed by atoms with E-state index in [-0.39, 0.29) is 5.91 Å². The van der Waals surface area contributed by atoms with E-state index in [9.17, 15) is 9.59 Å². The Morgan fingerprint density at radius 2 is 2.00 bits per heavy atom. The number of aromatic nitrogens is 1. The minimum atomic E-state index is -0.587. The standard InChI is InChI=1S/C16H17N2O2/c1-11(2)7-14(10-19)18-16(20)15-8-12-5-3-4-6-13(12)9-17-15/h3-6,8-9,11,14H,7H2,1-2H3,(H,18,20)/t14-/m0/s1. The Hall–Kier alpha value is -2.23. The number of carbonyl (C=O) groups is 1. The third kappa shape index (κ3) is 3.41. The second-order valence-electron chi connectivity index (χ2n) is 5.19. The first-order chi connectivity index (χ1) is 9.60. The molecule has 0 saturated heterocycles. The Morgan fingerprint density at radius 1 is 1.30 bits per heavy atom. The lowest BCUT2D eigenvalue weighted by atomic mass is 10.0. The van der Waals surface area contributed by atoms with Crippen LogP contribution in [-0.2, 0) is 4.79 Å². The van der Waals surface area contributed by atoms with Crippen LogP contribution in [0.15, 0.2) is 36.5 Å². The van der Waals surface area contributed by atoms with Crippen molar-refractivity contribution in [2.75, 3.05) is 0 Å². The normalized spacial score (nSPS) is 12.3. The van der Waals surface area contributed by atoms with Crippen molar-refractivity contribution in [3.63, 3.8) is 0 Å². The number of amides is 1. The molecule has 4 heteroatoms. The predicted molar refractivity (Wildman–Crippen MR) is 78.1 cm³/mol. The molecule has 0 aliphatic heterocycles. The van der Waals surface area contributed by atoms with Crippen LogP contribution in [-0.4, -0.2) is 23.2 Å². The number of hydrogen-bond acceptors (Lipinski definition) is 3. The topological polar surface area (TPSA) is 59.1 Å². The molecule has 2 aromatic rings. The summed E-state index contributed by atoms with van der Waals surface area (Å²) in [4.78, 5) is 27.1. The van der Waals surface area contributed by atoms with Crippen LogP contribution in [0, 0.1) is 5.92 Å². The molecule has 2 rings (SSSR count). The molecule has 0 fully saturated rings. The van der Waals surface area contributed by atoms with E-state index in [1.807, 2.05) is 44.4 Å². The quantitative estimate of drug-likeness (QED) is 0.907. The van der Waals surface area contributed by atoms with Crippen LogP contribution in [0.1, 0.15) is 30.8 Å². The summed E-state index contributed by atoms with van der Waals surface area (Å²) in [6, 6.07) is 8.82. The maximum atomic E-state index is 12.1. The van der Waals surface area contributed by atoms with Crippen molar-refractivity contribution < 1.29 is 9.59 Å². The van der Waals surface area contributed by atoms with Gasteiger partial charge in [-0.2, -0.15) is 0 Å². The van der Waals surface area contributed by atoms with E-state index in [0.717, 1.165) is 10.8 Å². The van der Waals surface area contributed by atoms with Gasteiger partial charge >= 0.3 is 0 Å². The number of rotatable bonds is 5. The van der Waals surface area contributed by atoms with Crippen LogP contribution in [0.3, 0.4) is 0 Å². The molecule has 1 radical (unpaired) electrons. The Kier molecular flexibility index (Phi) is 4.45. The molecule has 0 aliphatic rings. The van der Waals surface area contributed by atoms with Gasteiger partial charge in [0.1, 0.15) is 5.69 Å². The lowest BCUT2D eigenvalue weighted by Gasteiger charge is -2.13. The molecule has 1 heterocycles. The van der Waals surface area contributed by atoms with Crippen molar-refractivity contribution in [2.24, 2.45) is 5.92 Å². The summed E-state index contributed by atoms with van der Waals surface area (Å²) in [7, 11) is 0. The van der Waals surface area contributed by atoms with Crippen molar-refractivity contribution in [3.05, 3.63) is 42.2 Å². The maximum Gasteiger partial charge on any atom is 0.270 e. The van der Waals surface area contributed by atoms with E-state index in [4.69, 9.17) is 0 Å². The van der Waals surface area contributed by atoms with Crippen LogP contribution in [0.2, 0.25) is 0 Å². The monoisotopic (exact) mass is 269 g/mol. The molecule has 0 aliphatic carbocycles. The zero-order valence-electron chi connectivity index (χ0n) is 11.6. The Balaban J connectivity index is 2.16. The highest BCUT2D eigenvalue weighted by molar-refractivity contribution is 5.97. The molecular formula is C16H17N2O2. The minimum absolute atomic E-state index is 0.311. The fraction of sp³-hybridized carbons (Fsp3) is 0.312. The molecule has 0 unspecified atom stereocenters. The molecular weight excluding hydrogens is 252 g/mol. The summed E-state index contributed by atoms with van der Waals surface area (Å²) < 4.78 is 0. The van der Waals surface area contributed by atoms with Crippen molar-refractivity contribution in [2.45, 2.75) is 26.3 Å². The molecule has 0 saturated carbocycles. The zero-order valence-corrected chi connectivity index (χ0v) is 11.6. The number of carbonyl (C=O) groups excluding carboxylic acids is 2. The molecule has 0 bridgehead atoms. The summed E-state index contributed by atoms with van der Waals surface area (Å²) >= 11 is 0. The van der Waals surface area contributed by atoms with Crippen LogP contribution in [0.4, 0.5) is 0 Å². The number of fused-ring (bicyclic) bond motifs is 1. The Labute approximate surface area is 118 Å². The molecule has 1 aromatic heterocycles. The summed E-state index contributed by atoms with van der Waals surface area (Å²) in [6.07, 6.45) is 4.09. The highest BCUT2D eigenvalue weighted by atomic mass is 16.2. The third-order valence-electron chi connectivity index (χ3n) is 3.02. The van der Waals surface area contributed by atoms with Gasteiger partial charge in [-0.05, 0) is 23.8 Å². The summed E-state index contributed by atoms with van der Waals surface area (Å²) in [6.45, 7) is 3.98. The van der Waals surface area contributed by atoms with E-state index in [0.29, 0.717) is 18.0 Å². The van der Waals surface area contributed by atoms with Crippen molar-refractivity contribution in [1.82, 2.24) is 10.3 Å². The van der Waals surface area contributed by atoms with Gasteiger partial charge in [0.15, 0.2) is 0 Å². The smallest absolute Gasteiger partial charge is 0.270 e. The number of hydrogen-bond donors (Lipinski definition) is 1. The zero-order chi connectivity index (χ0) is 14.5. The predicted octanol–water partition coefficient (Wildman–Crippen LogP) is 2.49. The van der Waals surface area contributed by atoms with Crippen LogP contribution >= 0.6 is 0 Å². The van der Waals surface area contributed by atoms with Crippen LogP contribution in [0.25, 0.3) is 10.8 Å². The average molecular weight is 269 g/mol. The third-order valence-corrected chi connectivity index (χ3v) is 3.02. The van der Waals surface area contributed by atoms with E-state index >= 15 is 0 Å². The largest absolute Gasteiger partial charge is 0.340 e. The van der Waals surface area contributed by atoms with Gasteiger partial charge in [0.2, 0.25) is 6.29 Å². The summed E-state index contributed by atoms with van der Waals surface area (Å²) in [5.74, 6) is -0.0314. The maximum absolute atomic E-state index is 12.1. The number of benzene rings is 1. The molecule has 20 heavy (non-hydrogen) atoms. The molecule has 1 amide bonds. The first-order valence-electron chi connectivity index (χ1n) is 6.63. The van der Waals surface area contributed by atoms with Crippen molar-refractivity contribution >= 4 is 23.0 Å². The molecule has 1 aromatic carbocycles. The van der Waals surface area contributed by atoms with Crippen LogP contribution < -0.4 is 5.32 Å². The number of pyridine rings is 1. The van der Waals surface area contributed by atoms with Gasteiger partial charge < -0.3 is 5.32 Å². The number of nitrogens with zero attached hydrogens (tertiary/aromatic N) is 1. The molecule has 0 spiro atoms. The van der Waals surface area contributed by atoms with E-state index in [2.05, 4.69) is 10.3 Å². The molecule has 1 N–H and O–H groups in total. The van der Waals surface area contributed by atoms with Gasteiger partial charge in [-0.15, -0.1) is 0 Å². The van der Waals surface area contributed by atoms with Crippen LogP contribution in [0.5, 0.6) is 0 Å². The first kappa shape index (κ1) is 14.2. The highest BCUT2D eigenvalue weighted by Crippen LogP contribution is 2.13. The van der Waals surface area contributed by atoms with Crippen molar-refractivity contribution in [3.8, 4) is 0 Å². The molecule has 1 atom stereocenters. The van der Waals surface area contributed by atoms with E-state index < -0.39 is 6.04 Å². The fourth-order valence-corrected chi connectivity index (χ4v) is 2.05. The van der Waals surface area contributed by atoms with E-state index in [1.54, 1.807) is 12.3 Å². The van der Waals surface area contributed by atoms with Crippen molar-refractivity contribution in [1.29, 1.82) is 0 Å². The lowest BCUT2D eigenvalue weighted by molar-refractivity contribution is 0.0938. The SMILES string of the molecule is CC(C)C[C@@H]([C]=O)NC(=O)c1cc2ccccc2cn1. The average Bonchev–Trinajstić information content (AvgIpc) is 2.45. The Bertz CT molecular complexity index is 623. The first-order valence-corrected chi connectivity index (χ1v) is 6.63. The van der Waals surface area contributed by atoms with E-state index in [1.165, 1.54) is 0 Å². The Morgan fingerprint density at radius 3 is 2.65 bits per heavy atom. The molecule has 4 nitrogen and oxygen atoms in total. The molecule has 103 valence electrons. The van der Waals surface area contributed by atoms with Gasteiger partial charge in [-0.1, -0.05) is 38.1 Å². The van der Waals surface area contributed by atoms with Gasteiger partial charge in [0, 0.05) is 11.6 Å². The second kappa shape index (κ2) is 6.28. The second-order valence-corrected chi connectivity index (χ2v) is 5.19. The number of nitrogens with one attached hydrogen (secondary N) is 1. The summed E-state index contributed by atoms with van der Waals surface area (Å²) in [5.41, 5.74) is 0.313. The van der Waals surface area contributed by atoms with Gasteiger partial charge in [0.05, 0.1) is 6.04 Å². The highest BCUT2D eigenvalue weighted by Gasteiger charge is 2.16. The van der Waals surface area contributed by atoms with Gasteiger partial charge in [0.25, 0.3) is 5.91 Å². The fourth-order valence-electron chi connectivity index (χ4n) is 2.05. The summed E-state index contributed by atoms with van der Waals surface area (Å²) in [5, 5.41) is 4.58. The lowest BCUT2D eigenvalue weighted by Crippen LogP contribution is -2.37. The van der Waals surface area contributed by atoms with Gasteiger partial charge in [-0.25, -0.2) is 0 Å².